The number of nitrogen functional groups attached to an aromatic ring is 1. The molecule has 0 aliphatic rings. The summed E-state index contributed by atoms with van der Waals surface area (Å²) in [5.74, 6) is -0.186. The van der Waals surface area contributed by atoms with Gasteiger partial charge in [-0.3, -0.25) is 4.79 Å². The Hall–Kier alpha value is -1.26. The molecule has 5 heteroatoms. The highest BCUT2D eigenvalue weighted by atomic mass is 35.5. The number of halogens is 1. The van der Waals surface area contributed by atoms with E-state index >= 15 is 0 Å². The number of amides is 1. The molecule has 82 valence electrons. The monoisotopic (exact) mass is 228 g/mol. The lowest BCUT2D eigenvalue weighted by Crippen LogP contribution is -2.26. The summed E-state index contributed by atoms with van der Waals surface area (Å²) in [4.78, 5) is 11.5. The van der Waals surface area contributed by atoms with Crippen molar-refractivity contribution in [2.24, 2.45) is 0 Å². The zero-order valence-electron chi connectivity index (χ0n) is 8.42. The maximum atomic E-state index is 11.5. The topological polar surface area (TPSA) is 64.3 Å². The van der Waals surface area contributed by atoms with E-state index in [1.54, 1.807) is 25.3 Å². The zero-order chi connectivity index (χ0) is 11.3. The average Bonchev–Trinajstić information content (AvgIpc) is 2.22. The molecule has 0 bridgehead atoms. The number of nitrogens with one attached hydrogen (secondary N) is 1. The molecule has 0 fully saturated rings. The highest BCUT2D eigenvalue weighted by Crippen LogP contribution is 2.19. The molecule has 0 aliphatic heterocycles. The van der Waals surface area contributed by atoms with Crippen molar-refractivity contribution in [3.05, 3.63) is 28.8 Å². The first-order valence-electron chi connectivity index (χ1n) is 4.47. The van der Waals surface area contributed by atoms with Crippen molar-refractivity contribution in [2.75, 3.05) is 26.0 Å². The van der Waals surface area contributed by atoms with Crippen LogP contribution in [-0.2, 0) is 4.74 Å². The molecule has 0 heterocycles. The van der Waals surface area contributed by atoms with E-state index < -0.39 is 0 Å². The molecule has 4 nitrogen and oxygen atoms in total. The fraction of sp³-hybridized carbons (Fsp3) is 0.300. The van der Waals surface area contributed by atoms with E-state index in [1.165, 1.54) is 0 Å². The first-order chi connectivity index (χ1) is 7.15. The summed E-state index contributed by atoms with van der Waals surface area (Å²) >= 11 is 5.79. The first-order valence-corrected chi connectivity index (χ1v) is 4.85. The minimum atomic E-state index is -0.186. The van der Waals surface area contributed by atoms with Gasteiger partial charge in [0.25, 0.3) is 5.91 Å². The molecule has 0 spiro atoms. The van der Waals surface area contributed by atoms with E-state index in [4.69, 9.17) is 22.1 Å². The molecule has 0 unspecified atom stereocenters. The van der Waals surface area contributed by atoms with Gasteiger partial charge >= 0.3 is 0 Å². The fourth-order valence-electron chi connectivity index (χ4n) is 1.04. The van der Waals surface area contributed by atoms with E-state index in [0.717, 1.165) is 0 Å². The van der Waals surface area contributed by atoms with Gasteiger partial charge in [0.1, 0.15) is 0 Å². The van der Waals surface area contributed by atoms with E-state index in [0.29, 0.717) is 29.4 Å². The van der Waals surface area contributed by atoms with Gasteiger partial charge in [0.05, 0.1) is 17.3 Å². The Morgan fingerprint density at radius 2 is 2.33 bits per heavy atom. The molecule has 15 heavy (non-hydrogen) atoms. The molecular weight excluding hydrogens is 216 g/mol. The largest absolute Gasteiger partial charge is 0.398 e. The Morgan fingerprint density at radius 3 is 2.93 bits per heavy atom. The summed E-state index contributed by atoms with van der Waals surface area (Å²) in [7, 11) is 1.58. The highest BCUT2D eigenvalue weighted by molar-refractivity contribution is 6.33. The van der Waals surface area contributed by atoms with Gasteiger partial charge in [-0.1, -0.05) is 11.6 Å². The SMILES string of the molecule is COCCNC(=O)c1ccc(N)c(Cl)c1. The van der Waals surface area contributed by atoms with Crippen molar-refractivity contribution in [1.29, 1.82) is 0 Å². The summed E-state index contributed by atoms with van der Waals surface area (Å²) in [5.41, 5.74) is 6.48. The standard InChI is InChI=1S/C10H13ClN2O2/c1-15-5-4-13-10(14)7-2-3-9(12)8(11)6-7/h2-3,6H,4-5,12H2,1H3,(H,13,14). The normalized spacial score (nSPS) is 10.0. The van der Waals surface area contributed by atoms with Gasteiger partial charge in [-0.2, -0.15) is 0 Å². The Labute approximate surface area is 93.4 Å². The maximum Gasteiger partial charge on any atom is 0.251 e. The van der Waals surface area contributed by atoms with Crippen molar-refractivity contribution in [3.8, 4) is 0 Å². The van der Waals surface area contributed by atoms with E-state index in [-0.39, 0.29) is 5.91 Å². The lowest BCUT2D eigenvalue weighted by molar-refractivity contribution is 0.0937. The molecule has 0 aromatic heterocycles. The summed E-state index contributed by atoms with van der Waals surface area (Å²) in [5, 5.41) is 3.07. The number of hydrogen-bond acceptors (Lipinski definition) is 3. The van der Waals surface area contributed by atoms with E-state index in [9.17, 15) is 4.79 Å². The minimum absolute atomic E-state index is 0.186. The second kappa shape index (κ2) is 5.58. The van der Waals surface area contributed by atoms with Gasteiger partial charge in [-0.25, -0.2) is 0 Å². The summed E-state index contributed by atoms with van der Waals surface area (Å²) in [6.07, 6.45) is 0. The number of hydrogen-bond donors (Lipinski definition) is 2. The lowest BCUT2D eigenvalue weighted by Gasteiger charge is -2.05. The number of rotatable bonds is 4. The van der Waals surface area contributed by atoms with Crippen LogP contribution in [-0.4, -0.2) is 26.2 Å². The summed E-state index contributed by atoms with van der Waals surface area (Å²) in [6.45, 7) is 0.950. The fourth-order valence-corrected chi connectivity index (χ4v) is 1.22. The number of carbonyl (C=O) groups is 1. The molecule has 0 atom stereocenters. The van der Waals surface area contributed by atoms with Crippen LogP contribution in [0.25, 0.3) is 0 Å². The molecule has 0 radical (unpaired) electrons. The third kappa shape index (κ3) is 3.42. The third-order valence-corrected chi connectivity index (χ3v) is 2.18. The molecule has 0 aliphatic carbocycles. The van der Waals surface area contributed by atoms with Gasteiger partial charge in [-0.05, 0) is 18.2 Å². The maximum absolute atomic E-state index is 11.5. The number of methoxy groups -OCH3 is 1. The van der Waals surface area contributed by atoms with Crippen molar-refractivity contribution < 1.29 is 9.53 Å². The predicted octanol–water partition coefficient (Wildman–Crippen LogP) is 1.30. The number of ether oxygens (including phenoxy) is 1. The first kappa shape index (κ1) is 11.8. The number of benzene rings is 1. The Bertz CT molecular complexity index is 355. The van der Waals surface area contributed by atoms with Gasteiger partial charge < -0.3 is 15.8 Å². The second-order valence-electron chi connectivity index (χ2n) is 2.98. The summed E-state index contributed by atoms with van der Waals surface area (Å²) in [6, 6.07) is 4.77. The Balaban J connectivity index is 2.62. The molecular formula is C10H13ClN2O2. The smallest absolute Gasteiger partial charge is 0.251 e. The Morgan fingerprint density at radius 1 is 1.60 bits per heavy atom. The van der Waals surface area contributed by atoms with Gasteiger partial charge in [0.15, 0.2) is 0 Å². The molecule has 1 rings (SSSR count). The van der Waals surface area contributed by atoms with Gasteiger partial charge in [-0.15, -0.1) is 0 Å². The summed E-state index contributed by atoms with van der Waals surface area (Å²) < 4.78 is 4.81. The van der Waals surface area contributed by atoms with E-state index in [2.05, 4.69) is 5.32 Å². The van der Waals surface area contributed by atoms with Crippen LogP contribution in [0, 0.1) is 0 Å². The average molecular weight is 229 g/mol. The van der Waals surface area contributed by atoms with Crippen LogP contribution >= 0.6 is 11.6 Å². The predicted molar refractivity (Wildman–Crippen MR) is 60.1 cm³/mol. The van der Waals surface area contributed by atoms with Crippen LogP contribution in [0.5, 0.6) is 0 Å². The molecule has 0 saturated carbocycles. The van der Waals surface area contributed by atoms with Gasteiger partial charge in [0.2, 0.25) is 0 Å². The van der Waals surface area contributed by atoms with Crippen LogP contribution in [0.2, 0.25) is 5.02 Å². The van der Waals surface area contributed by atoms with Crippen LogP contribution in [0.3, 0.4) is 0 Å². The molecule has 1 amide bonds. The van der Waals surface area contributed by atoms with Crippen LogP contribution < -0.4 is 11.1 Å². The zero-order valence-corrected chi connectivity index (χ0v) is 9.17. The Kier molecular flexibility index (Phi) is 4.39. The van der Waals surface area contributed by atoms with Crippen LogP contribution in [0.15, 0.2) is 18.2 Å². The van der Waals surface area contributed by atoms with Gasteiger partial charge in [0, 0.05) is 19.2 Å². The van der Waals surface area contributed by atoms with Crippen molar-refractivity contribution in [3.63, 3.8) is 0 Å². The number of carbonyl (C=O) groups excluding carboxylic acids is 1. The lowest BCUT2D eigenvalue weighted by atomic mass is 10.2. The van der Waals surface area contributed by atoms with Crippen LogP contribution in [0.4, 0.5) is 5.69 Å². The van der Waals surface area contributed by atoms with Crippen LogP contribution in [0.1, 0.15) is 10.4 Å². The number of anilines is 1. The second-order valence-corrected chi connectivity index (χ2v) is 3.39. The van der Waals surface area contributed by atoms with Crippen molar-refractivity contribution >= 4 is 23.2 Å². The van der Waals surface area contributed by atoms with Crippen molar-refractivity contribution in [1.82, 2.24) is 5.32 Å². The minimum Gasteiger partial charge on any atom is -0.398 e. The molecule has 1 aromatic rings. The molecule has 0 saturated heterocycles. The quantitative estimate of drug-likeness (QED) is 0.603. The number of nitrogens with two attached hydrogens (primary N) is 1. The third-order valence-electron chi connectivity index (χ3n) is 1.85. The molecule has 1 aromatic carbocycles. The van der Waals surface area contributed by atoms with Crippen molar-refractivity contribution in [2.45, 2.75) is 0 Å². The highest BCUT2D eigenvalue weighted by Gasteiger charge is 2.06. The van der Waals surface area contributed by atoms with E-state index in [1.807, 2.05) is 0 Å². The molecule has 3 N–H and O–H groups in total.